The second kappa shape index (κ2) is 6.54. The van der Waals surface area contributed by atoms with Gasteiger partial charge in [-0.1, -0.05) is 17.7 Å². The highest BCUT2D eigenvalue weighted by Crippen LogP contribution is 2.29. The monoisotopic (exact) mass is 315 g/mol. The van der Waals surface area contributed by atoms with Crippen LogP contribution in [0.1, 0.15) is 11.3 Å². The van der Waals surface area contributed by atoms with Crippen LogP contribution in [-0.4, -0.2) is 12.5 Å². The summed E-state index contributed by atoms with van der Waals surface area (Å²) in [4.78, 5) is 11.8. The van der Waals surface area contributed by atoms with Crippen LogP contribution in [0.15, 0.2) is 58.7 Å². The molecule has 3 rings (SSSR count). The molecule has 2 heterocycles. The molecule has 5 heteroatoms. The van der Waals surface area contributed by atoms with E-state index < -0.39 is 0 Å². The molecule has 0 spiro atoms. The Balaban J connectivity index is 1.61. The summed E-state index contributed by atoms with van der Waals surface area (Å²) in [5.74, 6) is 1.32. The smallest absolute Gasteiger partial charge is 0.244 e. The SMILES string of the molecule is O=C(/C=C\C1=Cc2cc(Cl)ccc2OC1)NCc1ccco1. The molecule has 0 radical (unpaired) electrons. The van der Waals surface area contributed by atoms with Gasteiger partial charge in [0, 0.05) is 16.7 Å². The number of halogens is 1. The van der Waals surface area contributed by atoms with Crippen molar-refractivity contribution in [2.75, 3.05) is 6.61 Å². The number of furan rings is 1. The van der Waals surface area contributed by atoms with Crippen molar-refractivity contribution in [1.29, 1.82) is 0 Å². The predicted molar refractivity (Wildman–Crippen MR) is 84.6 cm³/mol. The van der Waals surface area contributed by atoms with Crippen LogP contribution in [0.4, 0.5) is 0 Å². The topological polar surface area (TPSA) is 51.5 Å². The zero-order valence-corrected chi connectivity index (χ0v) is 12.5. The lowest BCUT2D eigenvalue weighted by molar-refractivity contribution is -0.116. The van der Waals surface area contributed by atoms with Crippen molar-refractivity contribution < 1.29 is 13.9 Å². The third-order valence-corrected chi connectivity index (χ3v) is 3.41. The summed E-state index contributed by atoms with van der Waals surface area (Å²) in [5, 5.41) is 3.40. The molecule has 1 N–H and O–H groups in total. The number of ether oxygens (including phenoxy) is 1. The maximum atomic E-state index is 11.8. The van der Waals surface area contributed by atoms with Crippen LogP contribution in [0.5, 0.6) is 5.75 Å². The van der Waals surface area contributed by atoms with Gasteiger partial charge in [-0.2, -0.15) is 0 Å². The highest BCUT2D eigenvalue weighted by Gasteiger charge is 2.10. The lowest BCUT2D eigenvalue weighted by atomic mass is 10.1. The zero-order valence-electron chi connectivity index (χ0n) is 11.7. The maximum absolute atomic E-state index is 11.8. The summed E-state index contributed by atoms with van der Waals surface area (Å²) >= 11 is 5.97. The Labute approximate surface area is 133 Å². The molecule has 0 bridgehead atoms. The summed E-state index contributed by atoms with van der Waals surface area (Å²) < 4.78 is 10.8. The number of carbonyl (C=O) groups is 1. The van der Waals surface area contributed by atoms with E-state index in [4.69, 9.17) is 20.8 Å². The van der Waals surface area contributed by atoms with Gasteiger partial charge in [-0.25, -0.2) is 0 Å². The van der Waals surface area contributed by atoms with E-state index in [9.17, 15) is 4.79 Å². The first-order valence-corrected chi connectivity index (χ1v) is 7.20. The van der Waals surface area contributed by atoms with Crippen LogP contribution in [0.25, 0.3) is 6.08 Å². The van der Waals surface area contributed by atoms with Crippen LogP contribution < -0.4 is 10.1 Å². The average molecular weight is 316 g/mol. The minimum Gasteiger partial charge on any atom is -0.488 e. The first-order valence-electron chi connectivity index (χ1n) is 6.82. The Hall–Kier alpha value is -2.46. The van der Waals surface area contributed by atoms with Crippen molar-refractivity contribution >= 4 is 23.6 Å². The molecule has 0 fully saturated rings. The molecule has 2 aromatic rings. The first kappa shape index (κ1) is 14.5. The molecule has 4 nitrogen and oxygen atoms in total. The molecule has 1 aromatic heterocycles. The lowest BCUT2D eigenvalue weighted by Crippen LogP contribution is -2.20. The third-order valence-electron chi connectivity index (χ3n) is 3.17. The quantitative estimate of drug-likeness (QED) is 0.877. The van der Waals surface area contributed by atoms with Gasteiger partial charge in [0.25, 0.3) is 0 Å². The molecular weight excluding hydrogens is 302 g/mol. The number of amides is 1. The Kier molecular flexibility index (Phi) is 4.30. The normalized spacial score (nSPS) is 13.4. The molecule has 0 unspecified atom stereocenters. The number of benzene rings is 1. The number of carbonyl (C=O) groups excluding carboxylic acids is 1. The molecule has 1 aliphatic heterocycles. The second-order valence-corrected chi connectivity index (χ2v) is 5.26. The van der Waals surface area contributed by atoms with Crippen LogP contribution >= 0.6 is 11.6 Å². The minimum atomic E-state index is -0.186. The van der Waals surface area contributed by atoms with Crippen LogP contribution in [0.3, 0.4) is 0 Å². The maximum Gasteiger partial charge on any atom is 0.244 e. The van der Waals surface area contributed by atoms with Crippen molar-refractivity contribution in [1.82, 2.24) is 5.32 Å². The van der Waals surface area contributed by atoms with E-state index >= 15 is 0 Å². The molecule has 0 saturated heterocycles. The van der Waals surface area contributed by atoms with Gasteiger partial charge in [0.15, 0.2) is 0 Å². The molecule has 1 aromatic carbocycles. The van der Waals surface area contributed by atoms with E-state index in [1.54, 1.807) is 24.5 Å². The molecule has 22 heavy (non-hydrogen) atoms. The summed E-state index contributed by atoms with van der Waals surface area (Å²) in [5.41, 5.74) is 1.82. The third kappa shape index (κ3) is 3.59. The molecule has 0 atom stereocenters. The Morgan fingerprint density at radius 1 is 1.36 bits per heavy atom. The summed E-state index contributed by atoms with van der Waals surface area (Å²) in [6, 6.07) is 9.05. The van der Waals surface area contributed by atoms with E-state index in [0.717, 1.165) is 16.9 Å². The first-order chi connectivity index (χ1) is 10.7. The lowest BCUT2D eigenvalue weighted by Gasteiger charge is -2.16. The van der Waals surface area contributed by atoms with Gasteiger partial charge in [0.05, 0.1) is 12.8 Å². The van der Waals surface area contributed by atoms with Gasteiger partial charge in [0.2, 0.25) is 5.91 Å². The zero-order chi connectivity index (χ0) is 15.4. The molecule has 1 aliphatic rings. The number of nitrogens with one attached hydrogen (secondary N) is 1. The Morgan fingerprint density at radius 3 is 3.09 bits per heavy atom. The molecule has 1 amide bonds. The van der Waals surface area contributed by atoms with E-state index in [1.165, 1.54) is 6.08 Å². The number of hydrogen-bond acceptors (Lipinski definition) is 3. The molecular formula is C17H14ClNO3. The van der Waals surface area contributed by atoms with Gasteiger partial charge in [-0.05, 0) is 42.0 Å². The fraction of sp³-hybridized carbons (Fsp3) is 0.118. The van der Waals surface area contributed by atoms with Gasteiger partial charge in [-0.15, -0.1) is 0 Å². The van der Waals surface area contributed by atoms with E-state index in [0.29, 0.717) is 23.9 Å². The van der Waals surface area contributed by atoms with Crippen LogP contribution in [0, 0.1) is 0 Å². The molecule has 112 valence electrons. The van der Waals surface area contributed by atoms with Crippen LogP contribution in [0.2, 0.25) is 5.02 Å². The minimum absolute atomic E-state index is 0.186. The van der Waals surface area contributed by atoms with Gasteiger partial charge >= 0.3 is 0 Å². The molecule has 0 aliphatic carbocycles. The molecule has 0 saturated carbocycles. The highest BCUT2D eigenvalue weighted by molar-refractivity contribution is 6.30. The Morgan fingerprint density at radius 2 is 2.27 bits per heavy atom. The highest BCUT2D eigenvalue weighted by atomic mass is 35.5. The van der Waals surface area contributed by atoms with E-state index in [2.05, 4.69) is 5.32 Å². The van der Waals surface area contributed by atoms with Crippen molar-refractivity contribution in [3.05, 3.63) is 70.7 Å². The number of hydrogen-bond donors (Lipinski definition) is 1. The summed E-state index contributed by atoms with van der Waals surface area (Å²) in [6.07, 6.45) is 6.75. The summed E-state index contributed by atoms with van der Waals surface area (Å²) in [7, 11) is 0. The van der Waals surface area contributed by atoms with Gasteiger partial charge in [-0.3, -0.25) is 4.79 Å². The van der Waals surface area contributed by atoms with Gasteiger partial charge < -0.3 is 14.5 Å². The standard InChI is InChI=1S/C17H14ClNO3/c18-14-4-5-16-13(9-14)8-12(11-22-16)3-6-17(20)19-10-15-2-1-7-21-15/h1-9H,10-11H2,(H,19,20)/b6-3-. The fourth-order valence-corrected chi connectivity index (χ4v) is 2.27. The number of rotatable bonds is 4. The fourth-order valence-electron chi connectivity index (χ4n) is 2.09. The van der Waals surface area contributed by atoms with Gasteiger partial charge in [0.1, 0.15) is 18.1 Å². The predicted octanol–water partition coefficient (Wildman–Crippen LogP) is 3.58. The second-order valence-electron chi connectivity index (χ2n) is 4.82. The van der Waals surface area contributed by atoms with E-state index in [1.807, 2.05) is 24.3 Å². The van der Waals surface area contributed by atoms with E-state index in [-0.39, 0.29) is 5.91 Å². The van der Waals surface area contributed by atoms with Crippen molar-refractivity contribution in [2.24, 2.45) is 0 Å². The Bertz CT molecular complexity index is 732. The number of fused-ring (bicyclic) bond motifs is 1. The summed E-state index contributed by atoms with van der Waals surface area (Å²) in [6.45, 7) is 0.792. The van der Waals surface area contributed by atoms with Crippen molar-refractivity contribution in [2.45, 2.75) is 6.54 Å². The van der Waals surface area contributed by atoms with Crippen LogP contribution in [-0.2, 0) is 11.3 Å². The van der Waals surface area contributed by atoms with Crippen molar-refractivity contribution in [3.63, 3.8) is 0 Å². The largest absolute Gasteiger partial charge is 0.488 e. The van der Waals surface area contributed by atoms with Crippen molar-refractivity contribution in [3.8, 4) is 5.75 Å². The average Bonchev–Trinajstić information content (AvgIpc) is 3.04.